The zero-order valence-electron chi connectivity index (χ0n) is 24.1. The molecule has 0 saturated carbocycles. The number of sulfonamides is 1. The van der Waals surface area contributed by atoms with Gasteiger partial charge in [-0.1, -0.05) is 32.0 Å². The number of anilines is 1. The summed E-state index contributed by atoms with van der Waals surface area (Å²) in [5.41, 5.74) is 1.87. The first-order valence-electron chi connectivity index (χ1n) is 14.2. The van der Waals surface area contributed by atoms with E-state index in [1.807, 2.05) is 24.3 Å². The zero-order valence-corrected chi connectivity index (χ0v) is 25.0. The Balaban J connectivity index is 1.74. The lowest BCUT2D eigenvalue weighted by Gasteiger charge is -2.29. The fraction of sp³-hybridized carbons (Fsp3) is 0.533. The van der Waals surface area contributed by atoms with Crippen LogP contribution in [-0.2, 0) is 21.4 Å². The number of amides is 2. The van der Waals surface area contributed by atoms with Crippen LogP contribution in [0.5, 0.6) is 5.75 Å². The van der Waals surface area contributed by atoms with E-state index in [0.29, 0.717) is 44.4 Å². The lowest BCUT2D eigenvalue weighted by atomic mass is 10.1. The number of methoxy groups -OCH3 is 1. The molecule has 10 heteroatoms. The van der Waals surface area contributed by atoms with Gasteiger partial charge in [0.25, 0.3) is 5.91 Å². The number of para-hydroxylation sites is 1. The molecule has 1 fully saturated rings. The smallest absolute Gasteiger partial charge is 0.258 e. The number of carbonyl (C=O) groups excluding carboxylic acids is 2. The highest BCUT2D eigenvalue weighted by molar-refractivity contribution is 7.89. The van der Waals surface area contributed by atoms with Crippen LogP contribution in [0.4, 0.5) is 5.69 Å². The molecular weight excluding hydrogens is 528 g/mol. The predicted octanol–water partition coefficient (Wildman–Crippen LogP) is 3.84. The van der Waals surface area contributed by atoms with Gasteiger partial charge in [-0.05, 0) is 61.6 Å². The van der Waals surface area contributed by atoms with Crippen molar-refractivity contribution in [1.82, 2.24) is 14.1 Å². The monoisotopic (exact) mass is 570 g/mol. The summed E-state index contributed by atoms with van der Waals surface area (Å²) in [7, 11) is -2.23. The second-order valence-electron chi connectivity index (χ2n) is 11.0. The fourth-order valence-electron chi connectivity index (χ4n) is 5.60. The van der Waals surface area contributed by atoms with E-state index in [-0.39, 0.29) is 28.8 Å². The number of hydrogen-bond donors (Lipinski definition) is 0. The summed E-state index contributed by atoms with van der Waals surface area (Å²) in [5.74, 6) is 0.435. The van der Waals surface area contributed by atoms with Gasteiger partial charge in [-0.15, -0.1) is 0 Å². The zero-order chi connectivity index (χ0) is 28.9. The molecule has 2 aliphatic heterocycles. The topological polar surface area (TPSA) is 90.5 Å². The molecular formula is C30H42N4O5S. The molecule has 40 heavy (non-hydrogen) atoms. The Kier molecular flexibility index (Phi) is 9.86. The molecule has 0 unspecified atom stereocenters. The Morgan fingerprint density at radius 1 is 0.925 bits per heavy atom. The van der Waals surface area contributed by atoms with Gasteiger partial charge in [-0.3, -0.25) is 9.59 Å². The Morgan fingerprint density at radius 2 is 1.65 bits per heavy atom. The van der Waals surface area contributed by atoms with Gasteiger partial charge in [0.05, 0.1) is 17.6 Å². The number of fused-ring (bicyclic) bond motifs is 1. The van der Waals surface area contributed by atoms with Crippen molar-refractivity contribution in [2.75, 3.05) is 57.8 Å². The summed E-state index contributed by atoms with van der Waals surface area (Å²) in [6.45, 7) is 10.6. The molecule has 0 bridgehead atoms. The maximum absolute atomic E-state index is 14.2. The minimum atomic E-state index is -3.71. The molecule has 0 aliphatic carbocycles. The van der Waals surface area contributed by atoms with Crippen LogP contribution in [0.3, 0.4) is 0 Å². The first-order valence-corrected chi connectivity index (χ1v) is 15.6. The van der Waals surface area contributed by atoms with Crippen molar-refractivity contribution >= 4 is 27.5 Å². The lowest BCUT2D eigenvalue weighted by molar-refractivity contribution is -0.116. The average molecular weight is 571 g/mol. The van der Waals surface area contributed by atoms with Crippen LogP contribution in [0.1, 0.15) is 56.0 Å². The van der Waals surface area contributed by atoms with Crippen LogP contribution < -0.4 is 9.64 Å². The summed E-state index contributed by atoms with van der Waals surface area (Å²) >= 11 is 0. The molecule has 1 saturated heterocycles. The summed E-state index contributed by atoms with van der Waals surface area (Å²) in [6, 6.07) is 12.2. The van der Waals surface area contributed by atoms with Crippen molar-refractivity contribution < 1.29 is 22.7 Å². The molecule has 2 amide bonds. The normalized spacial score (nSPS) is 17.9. The Bertz CT molecular complexity index is 1310. The molecule has 0 spiro atoms. The highest BCUT2D eigenvalue weighted by Crippen LogP contribution is 2.29. The third-order valence-electron chi connectivity index (χ3n) is 7.58. The van der Waals surface area contributed by atoms with Crippen LogP contribution in [-0.4, -0.2) is 87.3 Å². The van der Waals surface area contributed by atoms with E-state index in [2.05, 4.69) is 18.7 Å². The first kappa shape index (κ1) is 30.0. The molecule has 2 heterocycles. The van der Waals surface area contributed by atoms with Crippen molar-refractivity contribution in [2.45, 2.75) is 51.5 Å². The fourth-order valence-corrected chi connectivity index (χ4v) is 7.15. The molecule has 2 aromatic carbocycles. The van der Waals surface area contributed by atoms with Crippen molar-refractivity contribution in [1.29, 1.82) is 0 Å². The largest absolute Gasteiger partial charge is 0.496 e. The second kappa shape index (κ2) is 13.1. The van der Waals surface area contributed by atoms with Gasteiger partial charge in [0, 0.05) is 58.4 Å². The van der Waals surface area contributed by atoms with Gasteiger partial charge < -0.3 is 19.4 Å². The Hall–Kier alpha value is -2.95. The quantitative estimate of drug-likeness (QED) is 0.524. The molecule has 0 radical (unpaired) electrons. The summed E-state index contributed by atoms with van der Waals surface area (Å²) < 4.78 is 33.7. The van der Waals surface area contributed by atoms with Crippen molar-refractivity contribution in [3.63, 3.8) is 0 Å². The molecule has 4 rings (SSSR count). The maximum Gasteiger partial charge on any atom is 0.258 e. The molecule has 0 N–H and O–H groups in total. The van der Waals surface area contributed by atoms with E-state index < -0.39 is 10.0 Å². The highest BCUT2D eigenvalue weighted by atomic mass is 32.2. The van der Waals surface area contributed by atoms with E-state index in [1.165, 1.54) is 23.5 Å². The van der Waals surface area contributed by atoms with Gasteiger partial charge in [-0.25, -0.2) is 8.42 Å². The van der Waals surface area contributed by atoms with E-state index >= 15 is 0 Å². The van der Waals surface area contributed by atoms with Gasteiger partial charge in [0.2, 0.25) is 15.9 Å². The second-order valence-corrected chi connectivity index (χ2v) is 13.0. The van der Waals surface area contributed by atoms with Crippen LogP contribution in [0.15, 0.2) is 47.4 Å². The minimum absolute atomic E-state index is 0.0403. The van der Waals surface area contributed by atoms with Crippen LogP contribution in [0.25, 0.3) is 0 Å². The number of ether oxygens (including phenoxy) is 1. The molecule has 2 aliphatic rings. The van der Waals surface area contributed by atoms with Crippen molar-refractivity contribution in [3.8, 4) is 5.75 Å². The van der Waals surface area contributed by atoms with Crippen LogP contribution >= 0.6 is 0 Å². The van der Waals surface area contributed by atoms with Gasteiger partial charge in [0.15, 0.2) is 0 Å². The number of hydrogen-bond acceptors (Lipinski definition) is 6. The minimum Gasteiger partial charge on any atom is -0.496 e. The third kappa shape index (κ3) is 6.85. The average Bonchev–Trinajstić information content (AvgIpc) is 3.47. The summed E-state index contributed by atoms with van der Waals surface area (Å²) in [4.78, 5) is 32.9. The van der Waals surface area contributed by atoms with Crippen LogP contribution in [0.2, 0.25) is 0 Å². The molecule has 9 nitrogen and oxygen atoms in total. The van der Waals surface area contributed by atoms with E-state index in [4.69, 9.17) is 4.74 Å². The van der Waals surface area contributed by atoms with Crippen LogP contribution in [0, 0.1) is 5.92 Å². The lowest BCUT2D eigenvalue weighted by Crippen LogP contribution is -2.40. The standard InChI is InChI=1S/C30H42N4O5S/c1-23(2)21-31-14-9-17-34(24(3)35)28-11-6-5-10-25(28)22-32(19-18-31)30(36)27-20-26(12-13-29(27)39-4)40(37,38)33-15-7-8-16-33/h5-6,10-13,20,23H,7-9,14-19,21-22H2,1-4H3. The predicted molar refractivity (Wildman–Crippen MR) is 156 cm³/mol. The van der Waals surface area contributed by atoms with Gasteiger partial charge >= 0.3 is 0 Å². The van der Waals surface area contributed by atoms with E-state index in [1.54, 1.807) is 22.8 Å². The summed E-state index contributed by atoms with van der Waals surface area (Å²) in [6.07, 6.45) is 2.48. The van der Waals surface area contributed by atoms with Gasteiger partial charge in [0.1, 0.15) is 5.75 Å². The third-order valence-corrected chi connectivity index (χ3v) is 9.48. The number of nitrogens with zero attached hydrogens (tertiary/aromatic N) is 4. The molecule has 218 valence electrons. The molecule has 0 aromatic heterocycles. The van der Waals surface area contributed by atoms with E-state index in [9.17, 15) is 18.0 Å². The van der Waals surface area contributed by atoms with Crippen molar-refractivity contribution in [3.05, 3.63) is 53.6 Å². The number of benzene rings is 2. The Morgan fingerprint density at radius 3 is 2.33 bits per heavy atom. The Labute approximate surface area is 238 Å². The highest BCUT2D eigenvalue weighted by Gasteiger charge is 2.30. The SMILES string of the molecule is COc1ccc(S(=O)(=O)N2CCCC2)cc1C(=O)N1CCN(CC(C)C)CCCN(C(C)=O)c2ccccc2C1. The maximum atomic E-state index is 14.2. The van der Waals surface area contributed by atoms with Gasteiger partial charge in [-0.2, -0.15) is 4.31 Å². The summed E-state index contributed by atoms with van der Waals surface area (Å²) in [5, 5.41) is 0. The number of rotatable bonds is 6. The number of carbonyl (C=O) groups is 2. The molecule has 0 atom stereocenters. The molecule has 2 aromatic rings. The van der Waals surface area contributed by atoms with E-state index in [0.717, 1.165) is 43.6 Å². The van der Waals surface area contributed by atoms with Crippen molar-refractivity contribution in [2.24, 2.45) is 5.92 Å². The first-order chi connectivity index (χ1) is 19.1.